The molecule has 0 aromatic carbocycles. The lowest BCUT2D eigenvalue weighted by Gasteiger charge is -2.23. The normalized spacial score (nSPS) is 12.3. The van der Waals surface area contributed by atoms with Crippen molar-refractivity contribution in [3.8, 4) is 0 Å². The molecular weight excluding hydrogens is 376 g/mol. The van der Waals surface area contributed by atoms with E-state index < -0.39 is 0 Å². The van der Waals surface area contributed by atoms with Crippen molar-refractivity contribution in [2.45, 2.75) is 98.3 Å². The number of unbranched alkanes of at least 4 members (excludes halogenated alkanes) is 6. The van der Waals surface area contributed by atoms with Gasteiger partial charge in [-0.1, -0.05) is 63.1 Å². The molecule has 0 aliphatic rings. The highest BCUT2D eigenvalue weighted by Crippen LogP contribution is 2.29. The van der Waals surface area contributed by atoms with Crippen LogP contribution in [0.1, 0.15) is 98.3 Å². The Kier molecular flexibility index (Phi) is 18.0. The first-order valence-corrected chi connectivity index (χ1v) is 11.6. The highest BCUT2D eigenvalue weighted by molar-refractivity contribution is 5.66. The molecule has 0 aromatic rings. The highest BCUT2D eigenvalue weighted by atomic mass is 16.5. The molecule has 0 saturated carbocycles. The van der Waals surface area contributed by atoms with Gasteiger partial charge in [-0.3, -0.25) is 9.59 Å². The third kappa shape index (κ3) is 22.4. The predicted molar refractivity (Wildman–Crippen MR) is 125 cm³/mol. The van der Waals surface area contributed by atoms with Gasteiger partial charge in [-0.2, -0.15) is 0 Å². The summed E-state index contributed by atoms with van der Waals surface area (Å²) < 4.78 is 9.73. The number of esters is 2. The Morgan fingerprint density at radius 3 is 1.53 bits per heavy atom. The van der Waals surface area contributed by atoms with Crippen LogP contribution in [0.15, 0.2) is 36.5 Å². The molecule has 0 radical (unpaired) electrons. The first kappa shape index (κ1) is 28.2. The van der Waals surface area contributed by atoms with E-state index in [2.05, 4.69) is 38.2 Å². The molecule has 0 rings (SSSR count). The molecule has 172 valence electrons. The fourth-order valence-electron chi connectivity index (χ4n) is 3.11. The maximum absolute atomic E-state index is 10.7. The van der Waals surface area contributed by atoms with Crippen molar-refractivity contribution in [2.75, 3.05) is 13.2 Å². The van der Waals surface area contributed by atoms with Gasteiger partial charge in [0.1, 0.15) is 13.2 Å². The molecule has 0 amide bonds. The van der Waals surface area contributed by atoms with Gasteiger partial charge in [0, 0.05) is 13.8 Å². The molecule has 0 unspecified atom stereocenters. The Morgan fingerprint density at radius 2 is 1.03 bits per heavy atom. The second-order valence-corrected chi connectivity index (χ2v) is 8.61. The first-order chi connectivity index (χ1) is 14.3. The van der Waals surface area contributed by atoms with Crippen molar-refractivity contribution in [2.24, 2.45) is 5.41 Å². The summed E-state index contributed by atoms with van der Waals surface area (Å²) in [6.07, 6.45) is 25.8. The van der Waals surface area contributed by atoms with Crippen molar-refractivity contribution in [3.63, 3.8) is 0 Å². The average molecular weight is 421 g/mol. The molecule has 30 heavy (non-hydrogen) atoms. The molecule has 0 spiro atoms. The first-order valence-electron chi connectivity index (χ1n) is 11.6. The lowest BCUT2D eigenvalue weighted by molar-refractivity contribution is -0.140. The van der Waals surface area contributed by atoms with Crippen LogP contribution in [0.25, 0.3) is 0 Å². The number of hydrogen-bond acceptors (Lipinski definition) is 4. The van der Waals surface area contributed by atoms with Crippen molar-refractivity contribution in [1.82, 2.24) is 0 Å². The quantitative estimate of drug-likeness (QED) is 0.135. The maximum Gasteiger partial charge on any atom is 0.302 e. The van der Waals surface area contributed by atoms with E-state index in [9.17, 15) is 9.59 Å². The van der Waals surface area contributed by atoms with Crippen LogP contribution in [0.5, 0.6) is 0 Å². The van der Waals surface area contributed by atoms with E-state index in [1.54, 1.807) is 0 Å². The third-order valence-corrected chi connectivity index (χ3v) is 4.97. The van der Waals surface area contributed by atoms with Crippen molar-refractivity contribution < 1.29 is 19.1 Å². The monoisotopic (exact) mass is 420 g/mol. The molecule has 0 aliphatic carbocycles. The van der Waals surface area contributed by atoms with Crippen LogP contribution < -0.4 is 0 Å². The molecule has 0 heterocycles. The average Bonchev–Trinajstić information content (AvgIpc) is 2.67. The predicted octanol–water partition coefficient (Wildman–Crippen LogP) is 7.10. The maximum atomic E-state index is 10.7. The van der Waals surface area contributed by atoms with E-state index in [1.165, 1.54) is 65.2 Å². The van der Waals surface area contributed by atoms with Crippen LogP contribution >= 0.6 is 0 Å². The molecule has 4 heteroatoms. The van der Waals surface area contributed by atoms with Gasteiger partial charge in [-0.25, -0.2) is 0 Å². The lowest BCUT2D eigenvalue weighted by atomic mass is 9.82. The number of hydrogen-bond donors (Lipinski definition) is 0. The van der Waals surface area contributed by atoms with E-state index >= 15 is 0 Å². The van der Waals surface area contributed by atoms with Crippen LogP contribution in [0.3, 0.4) is 0 Å². The molecule has 0 N–H and O–H groups in total. The van der Waals surface area contributed by atoms with Crippen LogP contribution in [0.4, 0.5) is 0 Å². The molecule has 0 bridgehead atoms. The van der Waals surface area contributed by atoms with Crippen LogP contribution in [-0.4, -0.2) is 25.2 Å². The summed E-state index contributed by atoms with van der Waals surface area (Å²) in [5.41, 5.74) is 0.372. The Labute approximate surface area is 184 Å². The number of rotatable bonds is 18. The van der Waals surface area contributed by atoms with Gasteiger partial charge in [0.15, 0.2) is 0 Å². The second-order valence-electron chi connectivity index (χ2n) is 8.61. The summed E-state index contributed by atoms with van der Waals surface area (Å²) in [7, 11) is 0. The van der Waals surface area contributed by atoms with Crippen LogP contribution in [0, 0.1) is 5.41 Å². The Morgan fingerprint density at radius 1 is 0.600 bits per heavy atom. The van der Waals surface area contributed by atoms with Crippen molar-refractivity contribution >= 4 is 11.9 Å². The Balaban J connectivity index is 3.54. The number of carbonyl (C=O) groups excluding carboxylic acids is 2. The number of allylic oxidation sites excluding steroid dienone is 4. The van der Waals surface area contributed by atoms with Crippen molar-refractivity contribution in [1.29, 1.82) is 0 Å². The summed E-state index contributed by atoms with van der Waals surface area (Å²) in [5.74, 6) is -0.450. The molecule has 4 nitrogen and oxygen atoms in total. The Bertz CT molecular complexity index is 529. The summed E-state index contributed by atoms with van der Waals surface area (Å²) in [4.78, 5) is 21.3. The molecule has 0 aliphatic heterocycles. The van der Waals surface area contributed by atoms with E-state index in [1.807, 2.05) is 12.2 Å². The molecule has 0 fully saturated rings. The molecular formula is C26H44O4. The standard InChI is InChI=1S/C26H44O4/c1-24(27)29-22-18-14-11-9-7-5-6-8-10-12-16-20-26(3,4)21-17-13-15-19-23-30-25(2)28/h10,12,14-15,18-19H,5-9,11,13,16-17,20-23H2,1-4H3. The van der Waals surface area contributed by atoms with Crippen LogP contribution in [0.2, 0.25) is 0 Å². The fourth-order valence-corrected chi connectivity index (χ4v) is 3.11. The molecule has 0 saturated heterocycles. The summed E-state index contributed by atoms with van der Waals surface area (Å²) in [5, 5.41) is 0. The van der Waals surface area contributed by atoms with E-state index in [0.717, 1.165) is 19.3 Å². The van der Waals surface area contributed by atoms with E-state index in [4.69, 9.17) is 9.47 Å². The van der Waals surface area contributed by atoms with Gasteiger partial charge in [-0.05, 0) is 63.2 Å². The Hall–Kier alpha value is -1.84. The SMILES string of the molecule is CC(=O)OCC=CCCCCCCC=CCCC(C)(C)CCCC=CCOC(C)=O. The van der Waals surface area contributed by atoms with Crippen LogP contribution in [-0.2, 0) is 19.1 Å². The minimum absolute atomic E-state index is 0.224. The van der Waals surface area contributed by atoms with Gasteiger partial charge < -0.3 is 9.47 Å². The summed E-state index contributed by atoms with van der Waals surface area (Å²) in [6.45, 7) is 8.35. The van der Waals surface area contributed by atoms with Gasteiger partial charge >= 0.3 is 11.9 Å². The largest absolute Gasteiger partial charge is 0.462 e. The van der Waals surface area contributed by atoms with Gasteiger partial charge in [0.05, 0.1) is 0 Å². The number of ether oxygens (including phenoxy) is 2. The van der Waals surface area contributed by atoms with Crippen molar-refractivity contribution in [3.05, 3.63) is 36.5 Å². The van der Waals surface area contributed by atoms with Gasteiger partial charge in [-0.15, -0.1) is 0 Å². The van der Waals surface area contributed by atoms with E-state index in [-0.39, 0.29) is 11.9 Å². The summed E-state index contributed by atoms with van der Waals surface area (Å²) >= 11 is 0. The zero-order valence-corrected chi connectivity index (χ0v) is 19.8. The zero-order chi connectivity index (χ0) is 22.5. The fraction of sp³-hybridized carbons (Fsp3) is 0.692. The smallest absolute Gasteiger partial charge is 0.302 e. The lowest BCUT2D eigenvalue weighted by Crippen LogP contribution is -2.10. The summed E-state index contributed by atoms with van der Waals surface area (Å²) in [6, 6.07) is 0. The molecule has 0 aromatic heterocycles. The number of carbonyl (C=O) groups is 2. The third-order valence-electron chi connectivity index (χ3n) is 4.97. The van der Waals surface area contributed by atoms with Gasteiger partial charge in [0.2, 0.25) is 0 Å². The minimum atomic E-state index is -0.226. The highest BCUT2D eigenvalue weighted by Gasteiger charge is 2.15. The van der Waals surface area contributed by atoms with Gasteiger partial charge in [0.25, 0.3) is 0 Å². The topological polar surface area (TPSA) is 52.6 Å². The minimum Gasteiger partial charge on any atom is -0.462 e. The zero-order valence-electron chi connectivity index (χ0n) is 19.8. The second kappa shape index (κ2) is 19.1. The molecule has 0 atom stereocenters. The van der Waals surface area contributed by atoms with E-state index in [0.29, 0.717) is 18.6 Å².